The van der Waals surface area contributed by atoms with Gasteiger partial charge in [-0.2, -0.15) is 4.98 Å². The molecule has 3 heterocycles. The van der Waals surface area contributed by atoms with Gasteiger partial charge in [-0.1, -0.05) is 29.8 Å². The monoisotopic (exact) mass is 352 g/mol. The number of allylic oxidation sites excluding steroid dienone is 1. The number of hydrogen-bond acceptors (Lipinski definition) is 5. The number of aromatic nitrogens is 3. The van der Waals surface area contributed by atoms with Crippen molar-refractivity contribution in [2.45, 2.75) is 0 Å². The summed E-state index contributed by atoms with van der Waals surface area (Å²) in [5.41, 5.74) is 2.68. The van der Waals surface area contributed by atoms with Crippen molar-refractivity contribution in [1.82, 2.24) is 14.5 Å². The van der Waals surface area contributed by atoms with Crippen molar-refractivity contribution >= 4 is 35.3 Å². The van der Waals surface area contributed by atoms with E-state index in [0.717, 1.165) is 16.8 Å². The summed E-state index contributed by atoms with van der Waals surface area (Å²) in [6, 6.07) is 11.4. The molecule has 7 heteroatoms. The highest BCUT2D eigenvalue weighted by molar-refractivity contribution is 6.31. The topological polar surface area (TPSA) is 72.5 Å². The maximum atomic E-state index is 10.6. The molecule has 0 amide bonds. The first-order valence-corrected chi connectivity index (χ1v) is 7.88. The predicted octanol–water partition coefficient (Wildman–Crippen LogP) is 3.89. The second kappa shape index (κ2) is 6.07. The Morgan fingerprint density at radius 2 is 2.04 bits per heavy atom. The molecule has 0 spiro atoms. The number of hydrogen-bond donors (Lipinski definition) is 1. The SMILES string of the molecule is COc1nc(/C=C2/C=Nc3ncc(Cl)cc32)c(O)n1-c1ccccc1. The summed E-state index contributed by atoms with van der Waals surface area (Å²) >= 11 is 6.02. The van der Waals surface area contributed by atoms with E-state index >= 15 is 0 Å². The fourth-order valence-electron chi connectivity index (χ4n) is 2.66. The molecule has 0 saturated carbocycles. The van der Waals surface area contributed by atoms with Crippen LogP contribution in [-0.4, -0.2) is 33.0 Å². The second-order valence-electron chi connectivity index (χ2n) is 5.36. The van der Waals surface area contributed by atoms with Gasteiger partial charge in [0.15, 0.2) is 5.82 Å². The third-order valence-corrected chi connectivity index (χ3v) is 4.01. The van der Waals surface area contributed by atoms with Gasteiger partial charge in [0.05, 0.1) is 17.8 Å². The van der Waals surface area contributed by atoms with Crippen molar-refractivity contribution in [3.05, 3.63) is 58.9 Å². The molecule has 0 radical (unpaired) electrons. The summed E-state index contributed by atoms with van der Waals surface area (Å²) in [4.78, 5) is 12.8. The zero-order valence-electron chi connectivity index (χ0n) is 13.2. The molecule has 1 aliphatic heterocycles. The quantitative estimate of drug-likeness (QED) is 0.776. The maximum absolute atomic E-state index is 10.6. The molecule has 25 heavy (non-hydrogen) atoms. The van der Waals surface area contributed by atoms with Crippen LogP contribution in [0.25, 0.3) is 17.3 Å². The van der Waals surface area contributed by atoms with Gasteiger partial charge in [0.2, 0.25) is 5.88 Å². The van der Waals surface area contributed by atoms with Gasteiger partial charge in [-0.25, -0.2) is 14.5 Å². The predicted molar refractivity (Wildman–Crippen MR) is 97.1 cm³/mol. The summed E-state index contributed by atoms with van der Waals surface area (Å²) in [5, 5.41) is 11.2. The van der Waals surface area contributed by atoms with Crippen LogP contribution in [0.5, 0.6) is 11.9 Å². The minimum absolute atomic E-state index is 0.0209. The lowest BCUT2D eigenvalue weighted by molar-refractivity contribution is 0.361. The number of rotatable bonds is 3. The first-order chi connectivity index (χ1) is 12.2. The van der Waals surface area contributed by atoms with Crippen LogP contribution in [0.2, 0.25) is 5.02 Å². The van der Waals surface area contributed by atoms with Crippen LogP contribution in [0.15, 0.2) is 47.6 Å². The zero-order valence-corrected chi connectivity index (χ0v) is 14.0. The van der Waals surface area contributed by atoms with Crippen molar-refractivity contribution < 1.29 is 9.84 Å². The number of para-hydroxylation sites is 1. The van der Waals surface area contributed by atoms with E-state index in [4.69, 9.17) is 16.3 Å². The smallest absolute Gasteiger partial charge is 0.304 e. The maximum Gasteiger partial charge on any atom is 0.304 e. The molecular weight excluding hydrogens is 340 g/mol. The molecule has 0 fully saturated rings. The lowest BCUT2D eigenvalue weighted by atomic mass is 10.1. The highest BCUT2D eigenvalue weighted by Crippen LogP contribution is 2.35. The molecule has 0 bridgehead atoms. The van der Waals surface area contributed by atoms with Gasteiger partial charge in [0.25, 0.3) is 0 Å². The summed E-state index contributed by atoms with van der Waals surface area (Å²) in [7, 11) is 1.51. The Morgan fingerprint density at radius 1 is 1.24 bits per heavy atom. The Morgan fingerprint density at radius 3 is 2.80 bits per heavy atom. The third-order valence-electron chi connectivity index (χ3n) is 3.81. The fraction of sp³-hybridized carbons (Fsp3) is 0.0556. The molecule has 4 rings (SSSR count). The van der Waals surface area contributed by atoms with Crippen LogP contribution in [0.3, 0.4) is 0 Å². The molecule has 0 aliphatic carbocycles. The van der Waals surface area contributed by atoms with Crippen LogP contribution >= 0.6 is 11.6 Å². The van der Waals surface area contributed by atoms with Gasteiger partial charge in [-0.3, -0.25) is 0 Å². The second-order valence-corrected chi connectivity index (χ2v) is 5.80. The van der Waals surface area contributed by atoms with Gasteiger partial charge in [-0.15, -0.1) is 0 Å². The Balaban J connectivity index is 1.83. The van der Waals surface area contributed by atoms with Crippen LogP contribution < -0.4 is 4.74 Å². The Bertz CT molecular complexity index is 1010. The molecule has 1 aromatic carbocycles. The normalized spacial score (nSPS) is 14.1. The van der Waals surface area contributed by atoms with E-state index in [9.17, 15) is 5.11 Å². The van der Waals surface area contributed by atoms with E-state index in [1.165, 1.54) is 11.7 Å². The number of halogens is 1. The first-order valence-electron chi connectivity index (χ1n) is 7.50. The zero-order chi connectivity index (χ0) is 17.4. The molecule has 3 aromatic rings. The lowest BCUT2D eigenvalue weighted by Gasteiger charge is -2.06. The van der Waals surface area contributed by atoms with Gasteiger partial charge in [0, 0.05) is 23.5 Å². The number of ether oxygens (including phenoxy) is 1. The summed E-state index contributed by atoms with van der Waals surface area (Å²) in [5.74, 6) is 0.567. The number of fused-ring (bicyclic) bond motifs is 1. The van der Waals surface area contributed by atoms with Crippen LogP contribution in [0.1, 0.15) is 11.3 Å². The van der Waals surface area contributed by atoms with Crippen LogP contribution in [-0.2, 0) is 0 Å². The van der Waals surface area contributed by atoms with Gasteiger partial charge in [-0.05, 0) is 24.3 Å². The lowest BCUT2D eigenvalue weighted by Crippen LogP contribution is -1.97. The molecule has 0 unspecified atom stereocenters. The average molecular weight is 353 g/mol. The molecule has 124 valence electrons. The van der Waals surface area contributed by atoms with Crippen molar-refractivity contribution in [1.29, 1.82) is 0 Å². The van der Waals surface area contributed by atoms with Crippen molar-refractivity contribution in [3.63, 3.8) is 0 Å². The Kier molecular flexibility index (Phi) is 3.74. The molecule has 2 aromatic heterocycles. The largest absolute Gasteiger partial charge is 0.493 e. The van der Waals surface area contributed by atoms with E-state index in [-0.39, 0.29) is 11.9 Å². The van der Waals surface area contributed by atoms with Gasteiger partial charge in [0.1, 0.15) is 5.69 Å². The van der Waals surface area contributed by atoms with E-state index < -0.39 is 0 Å². The van der Waals surface area contributed by atoms with E-state index in [1.807, 2.05) is 30.3 Å². The number of pyridine rings is 1. The van der Waals surface area contributed by atoms with E-state index in [2.05, 4.69) is 15.0 Å². The minimum atomic E-state index is -0.0209. The third kappa shape index (κ3) is 2.66. The highest BCUT2D eigenvalue weighted by atomic mass is 35.5. The molecule has 1 N–H and O–H groups in total. The van der Waals surface area contributed by atoms with Crippen molar-refractivity contribution in [2.75, 3.05) is 7.11 Å². The fourth-order valence-corrected chi connectivity index (χ4v) is 2.82. The van der Waals surface area contributed by atoms with E-state index in [1.54, 1.807) is 24.6 Å². The minimum Gasteiger partial charge on any atom is -0.493 e. The number of methoxy groups -OCH3 is 1. The standard InChI is InChI=1S/C18H13ClN4O2/c1-25-18-22-15(17(24)23(18)13-5-3-2-4-6-13)7-11-9-20-16-14(11)8-12(19)10-21-16/h2-10,24H,1H3/b11-7-. The number of nitrogens with zero attached hydrogens (tertiary/aromatic N) is 4. The van der Waals surface area contributed by atoms with Crippen LogP contribution in [0, 0.1) is 0 Å². The number of imidazole rings is 1. The molecule has 6 nitrogen and oxygen atoms in total. The summed E-state index contributed by atoms with van der Waals surface area (Å²) in [6.45, 7) is 0. The molecule has 0 saturated heterocycles. The number of aliphatic imine (C=N–C) groups is 1. The van der Waals surface area contributed by atoms with Gasteiger partial charge >= 0.3 is 6.01 Å². The first kappa shape index (κ1) is 15.4. The highest BCUT2D eigenvalue weighted by Gasteiger charge is 2.20. The van der Waals surface area contributed by atoms with Gasteiger partial charge < -0.3 is 9.84 Å². The van der Waals surface area contributed by atoms with Crippen LogP contribution in [0.4, 0.5) is 5.82 Å². The van der Waals surface area contributed by atoms with Crippen molar-refractivity contribution in [3.8, 4) is 17.6 Å². The molecule has 1 aliphatic rings. The molecular formula is C18H13ClN4O2. The molecule has 0 atom stereocenters. The Hall–Kier alpha value is -3.12. The van der Waals surface area contributed by atoms with Crippen molar-refractivity contribution in [2.24, 2.45) is 4.99 Å². The Labute approximate surface area is 148 Å². The summed E-state index contributed by atoms with van der Waals surface area (Å²) in [6.07, 6.45) is 4.94. The average Bonchev–Trinajstić information content (AvgIpc) is 3.17. The number of aromatic hydroxyl groups is 1. The summed E-state index contributed by atoms with van der Waals surface area (Å²) < 4.78 is 6.85. The van der Waals surface area contributed by atoms with E-state index in [0.29, 0.717) is 16.5 Å². The number of benzene rings is 1.